The first-order valence-corrected chi connectivity index (χ1v) is 8.40. The van der Waals surface area contributed by atoms with Crippen molar-refractivity contribution in [3.8, 4) is 22.6 Å². The van der Waals surface area contributed by atoms with Gasteiger partial charge in [0, 0.05) is 30.5 Å². The summed E-state index contributed by atoms with van der Waals surface area (Å²) in [7, 11) is 1.67. The Bertz CT molecular complexity index is 780. The molecule has 0 aliphatic carbocycles. The second kappa shape index (κ2) is 7.05. The van der Waals surface area contributed by atoms with Crippen LogP contribution in [0.4, 0.5) is 4.79 Å². The van der Waals surface area contributed by atoms with E-state index in [1.54, 1.807) is 7.11 Å². The Hall–Kier alpha value is -2.69. The van der Waals surface area contributed by atoms with Gasteiger partial charge >= 0.3 is 6.09 Å². The molecule has 1 heterocycles. The summed E-state index contributed by atoms with van der Waals surface area (Å²) in [5.74, 6) is 1.70. The average molecular weight is 341 g/mol. The first-order valence-electron chi connectivity index (χ1n) is 8.40. The zero-order valence-electron chi connectivity index (χ0n) is 14.8. The number of aryl methyl sites for hydroxylation is 2. The maximum Gasteiger partial charge on any atom is 0.404 e. The predicted molar refractivity (Wildman–Crippen MR) is 96.7 cm³/mol. The Labute approximate surface area is 147 Å². The van der Waals surface area contributed by atoms with E-state index in [0.29, 0.717) is 13.0 Å². The van der Waals surface area contributed by atoms with Crippen LogP contribution >= 0.6 is 0 Å². The highest BCUT2D eigenvalue weighted by atomic mass is 16.5. The van der Waals surface area contributed by atoms with Crippen LogP contribution in [-0.2, 0) is 6.42 Å². The molecule has 1 amide bonds. The lowest BCUT2D eigenvalue weighted by Crippen LogP contribution is -2.26. The van der Waals surface area contributed by atoms with Crippen molar-refractivity contribution in [1.29, 1.82) is 0 Å². The minimum absolute atomic E-state index is 0.0305. The summed E-state index contributed by atoms with van der Waals surface area (Å²) in [4.78, 5) is 10.6. The highest BCUT2D eigenvalue weighted by molar-refractivity contribution is 5.79. The Morgan fingerprint density at radius 2 is 2.04 bits per heavy atom. The van der Waals surface area contributed by atoms with E-state index in [1.807, 2.05) is 12.1 Å². The lowest BCUT2D eigenvalue weighted by molar-refractivity contribution is 0.188. The van der Waals surface area contributed by atoms with Crippen LogP contribution in [-0.4, -0.2) is 31.0 Å². The third-order valence-electron chi connectivity index (χ3n) is 4.60. The van der Waals surface area contributed by atoms with Crippen LogP contribution in [0.3, 0.4) is 0 Å². The van der Waals surface area contributed by atoms with Crippen LogP contribution in [0.2, 0.25) is 0 Å². The monoisotopic (exact) mass is 341 g/mol. The van der Waals surface area contributed by atoms with Crippen LogP contribution < -0.4 is 14.8 Å². The topological polar surface area (TPSA) is 67.8 Å². The molecule has 1 aliphatic rings. The molecular formula is C20H23NO4. The number of benzene rings is 2. The molecule has 0 bridgehead atoms. The maximum absolute atomic E-state index is 10.6. The van der Waals surface area contributed by atoms with Gasteiger partial charge in [0.25, 0.3) is 0 Å². The lowest BCUT2D eigenvalue weighted by atomic mass is 9.93. The van der Waals surface area contributed by atoms with Crippen LogP contribution in [0, 0.1) is 13.8 Å². The smallest absolute Gasteiger partial charge is 0.404 e. The zero-order chi connectivity index (χ0) is 18.0. The molecule has 0 radical (unpaired) electrons. The molecule has 3 rings (SSSR count). The Morgan fingerprint density at radius 1 is 1.32 bits per heavy atom. The second-order valence-corrected chi connectivity index (χ2v) is 6.39. The average Bonchev–Trinajstić information content (AvgIpc) is 2.96. The highest BCUT2D eigenvalue weighted by Crippen LogP contribution is 2.44. The molecule has 1 unspecified atom stereocenters. The Morgan fingerprint density at radius 3 is 2.68 bits per heavy atom. The van der Waals surface area contributed by atoms with Gasteiger partial charge in [-0.3, -0.25) is 0 Å². The summed E-state index contributed by atoms with van der Waals surface area (Å²) in [6, 6.07) is 10.3. The van der Waals surface area contributed by atoms with Crippen molar-refractivity contribution in [2.75, 3.05) is 13.7 Å². The van der Waals surface area contributed by atoms with E-state index in [2.05, 4.69) is 37.4 Å². The van der Waals surface area contributed by atoms with Gasteiger partial charge in [0.1, 0.15) is 17.6 Å². The number of amides is 1. The lowest BCUT2D eigenvalue weighted by Gasteiger charge is -2.16. The molecule has 1 aliphatic heterocycles. The van der Waals surface area contributed by atoms with Gasteiger partial charge in [-0.1, -0.05) is 18.2 Å². The van der Waals surface area contributed by atoms with Gasteiger partial charge in [0.2, 0.25) is 0 Å². The minimum Gasteiger partial charge on any atom is -0.497 e. The molecule has 0 aromatic heterocycles. The van der Waals surface area contributed by atoms with Crippen molar-refractivity contribution in [2.45, 2.75) is 32.8 Å². The standard InChI is InChI=1S/C20H23NO4/c1-12-5-4-6-13(2)18(12)17-11-16(24-3)10-14-9-15(25-19(14)17)7-8-21-20(22)23/h4-6,10-11,15,21H,7-9H2,1-3H3,(H,22,23). The first-order chi connectivity index (χ1) is 12.0. The fourth-order valence-electron chi connectivity index (χ4n) is 3.45. The number of hydrogen-bond acceptors (Lipinski definition) is 3. The number of fused-ring (bicyclic) bond motifs is 1. The van der Waals surface area contributed by atoms with Gasteiger partial charge in [0.05, 0.1) is 7.11 Å². The molecule has 5 nitrogen and oxygen atoms in total. The Balaban J connectivity index is 1.95. The summed E-state index contributed by atoms with van der Waals surface area (Å²) in [5, 5.41) is 11.1. The quantitative estimate of drug-likeness (QED) is 0.864. The van der Waals surface area contributed by atoms with E-state index in [1.165, 1.54) is 16.7 Å². The van der Waals surface area contributed by atoms with Crippen molar-refractivity contribution in [2.24, 2.45) is 0 Å². The molecule has 132 valence electrons. The fraction of sp³-hybridized carbons (Fsp3) is 0.350. The van der Waals surface area contributed by atoms with Gasteiger partial charge < -0.3 is 19.9 Å². The third kappa shape index (κ3) is 3.55. The minimum atomic E-state index is -1.01. The molecule has 0 spiro atoms. The highest BCUT2D eigenvalue weighted by Gasteiger charge is 2.27. The molecule has 25 heavy (non-hydrogen) atoms. The van der Waals surface area contributed by atoms with E-state index in [4.69, 9.17) is 14.6 Å². The Kier molecular flexibility index (Phi) is 4.83. The number of ether oxygens (including phenoxy) is 2. The van der Waals surface area contributed by atoms with Crippen LogP contribution in [0.1, 0.15) is 23.1 Å². The number of nitrogens with one attached hydrogen (secondary N) is 1. The van der Waals surface area contributed by atoms with Crippen molar-refractivity contribution >= 4 is 6.09 Å². The van der Waals surface area contributed by atoms with E-state index in [-0.39, 0.29) is 6.10 Å². The number of carboxylic acid groups (broad SMARTS) is 1. The zero-order valence-corrected chi connectivity index (χ0v) is 14.8. The van der Waals surface area contributed by atoms with E-state index in [9.17, 15) is 4.79 Å². The van der Waals surface area contributed by atoms with Gasteiger partial charge in [0.15, 0.2) is 0 Å². The van der Waals surface area contributed by atoms with Crippen LogP contribution in [0.25, 0.3) is 11.1 Å². The summed E-state index contributed by atoms with van der Waals surface area (Å²) in [5.41, 5.74) is 5.70. The molecule has 2 aromatic carbocycles. The number of rotatable bonds is 5. The SMILES string of the molecule is COc1cc2c(c(-c3c(C)cccc3C)c1)OC(CCNC(=O)O)C2. The molecule has 2 N–H and O–H groups in total. The fourth-order valence-corrected chi connectivity index (χ4v) is 3.45. The van der Waals surface area contributed by atoms with E-state index >= 15 is 0 Å². The molecule has 0 saturated carbocycles. The molecule has 1 atom stereocenters. The van der Waals surface area contributed by atoms with E-state index in [0.717, 1.165) is 29.0 Å². The number of methoxy groups -OCH3 is 1. The number of carbonyl (C=O) groups is 1. The van der Waals surface area contributed by atoms with Crippen molar-refractivity contribution in [3.63, 3.8) is 0 Å². The van der Waals surface area contributed by atoms with Crippen molar-refractivity contribution in [3.05, 3.63) is 47.0 Å². The van der Waals surface area contributed by atoms with Gasteiger partial charge in [-0.25, -0.2) is 4.79 Å². The summed E-state index contributed by atoms with van der Waals surface area (Å²) in [6.07, 6.45) is 0.353. The second-order valence-electron chi connectivity index (χ2n) is 6.39. The van der Waals surface area contributed by atoms with E-state index < -0.39 is 6.09 Å². The summed E-state index contributed by atoms with van der Waals surface area (Å²) >= 11 is 0. The summed E-state index contributed by atoms with van der Waals surface area (Å²) in [6.45, 7) is 4.57. The van der Waals surface area contributed by atoms with Crippen molar-refractivity contribution < 1.29 is 19.4 Å². The number of hydrogen-bond donors (Lipinski definition) is 2. The van der Waals surface area contributed by atoms with Crippen molar-refractivity contribution in [1.82, 2.24) is 5.32 Å². The molecule has 0 saturated heterocycles. The normalized spacial score (nSPS) is 15.4. The van der Waals surface area contributed by atoms with Gasteiger partial charge in [-0.05, 0) is 42.7 Å². The predicted octanol–water partition coefficient (Wildman–Crippen LogP) is 3.94. The van der Waals surface area contributed by atoms with Gasteiger partial charge in [-0.2, -0.15) is 0 Å². The largest absolute Gasteiger partial charge is 0.497 e. The molecule has 0 fully saturated rings. The van der Waals surface area contributed by atoms with Crippen LogP contribution in [0.5, 0.6) is 11.5 Å². The molecule has 5 heteroatoms. The molecule has 2 aromatic rings. The maximum atomic E-state index is 10.6. The van der Waals surface area contributed by atoms with Crippen LogP contribution in [0.15, 0.2) is 30.3 Å². The third-order valence-corrected chi connectivity index (χ3v) is 4.60. The summed E-state index contributed by atoms with van der Waals surface area (Å²) < 4.78 is 11.7. The van der Waals surface area contributed by atoms with Gasteiger partial charge in [-0.15, -0.1) is 0 Å². The molecular weight excluding hydrogens is 318 g/mol. The first kappa shape index (κ1) is 17.1.